The van der Waals surface area contributed by atoms with Crippen LogP contribution in [0, 0.1) is 0 Å². The van der Waals surface area contributed by atoms with Crippen LogP contribution in [0.2, 0.25) is 0 Å². The van der Waals surface area contributed by atoms with Gasteiger partial charge in [0.25, 0.3) is 0 Å². The maximum Gasteiger partial charge on any atom is 0.191 e. The lowest BCUT2D eigenvalue weighted by atomic mass is 10.2. The fourth-order valence-corrected chi connectivity index (χ4v) is 1.49. The molecule has 0 amide bonds. The molecule has 0 unspecified atom stereocenters. The molecule has 0 saturated heterocycles. The van der Waals surface area contributed by atoms with Crippen LogP contribution in [-0.2, 0) is 6.54 Å². The number of hydrogen-bond donors (Lipinski definition) is 2. The van der Waals surface area contributed by atoms with Crippen molar-refractivity contribution in [2.75, 3.05) is 32.6 Å². The quantitative estimate of drug-likeness (QED) is 0.359. The van der Waals surface area contributed by atoms with Crippen LogP contribution in [0.15, 0.2) is 41.9 Å². The first-order valence-electron chi connectivity index (χ1n) is 5.99. The van der Waals surface area contributed by atoms with Crippen LogP contribution in [0.3, 0.4) is 0 Å². The number of guanidine groups is 1. The molecule has 5 heteroatoms. The van der Waals surface area contributed by atoms with Crippen LogP contribution < -0.4 is 15.5 Å². The minimum Gasteiger partial charge on any atom is -0.378 e. The molecular weight excluding hydrogens is 351 g/mol. The topological polar surface area (TPSA) is 39.7 Å². The number of rotatable bonds is 5. The maximum absolute atomic E-state index is 4.12. The van der Waals surface area contributed by atoms with Gasteiger partial charge in [0.2, 0.25) is 0 Å². The van der Waals surface area contributed by atoms with E-state index in [-0.39, 0.29) is 24.0 Å². The van der Waals surface area contributed by atoms with E-state index in [1.54, 1.807) is 13.1 Å². The Morgan fingerprint density at radius 2 is 1.89 bits per heavy atom. The van der Waals surface area contributed by atoms with Gasteiger partial charge in [-0.05, 0) is 17.7 Å². The largest absolute Gasteiger partial charge is 0.378 e. The molecule has 2 N–H and O–H groups in total. The molecule has 0 atom stereocenters. The van der Waals surface area contributed by atoms with Crippen LogP contribution in [0.25, 0.3) is 0 Å². The highest BCUT2D eigenvalue weighted by atomic mass is 127. The van der Waals surface area contributed by atoms with E-state index in [2.05, 4.69) is 51.4 Å². The van der Waals surface area contributed by atoms with E-state index in [9.17, 15) is 0 Å². The summed E-state index contributed by atoms with van der Waals surface area (Å²) in [6.07, 6.45) is 1.80. The smallest absolute Gasteiger partial charge is 0.191 e. The molecule has 106 valence electrons. The molecule has 1 aromatic carbocycles. The van der Waals surface area contributed by atoms with Crippen LogP contribution in [0.5, 0.6) is 0 Å². The molecule has 0 fully saturated rings. The monoisotopic (exact) mass is 374 g/mol. The minimum atomic E-state index is 0. The van der Waals surface area contributed by atoms with Crippen LogP contribution in [0.4, 0.5) is 5.69 Å². The van der Waals surface area contributed by atoms with E-state index in [0.717, 1.165) is 12.5 Å². The summed E-state index contributed by atoms with van der Waals surface area (Å²) in [7, 11) is 5.83. The number of nitrogens with one attached hydrogen (secondary N) is 2. The Balaban J connectivity index is 0.00000324. The van der Waals surface area contributed by atoms with Crippen molar-refractivity contribution >= 4 is 35.6 Å². The van der Waals surface area contributed by atoms with Crippen molar-refractivity contribution in [1.82, 2.24) is 10.6 Å². The molecule has 0 aromatic heterocycles. The van der Waals surface area contributed by atoms with Gasteiger partial charge in [-0.1, -0.05) is 18.2 Å². The second kappa shape index (κ2) is 9.66. The van der Waals surface area contributed by atoms with Crippen molar-refractivity contribution in [2.45, 2.75) is 6.54 Å². The summed E-state index contributed by atoms with van der Waals surface area (Å²) >= 11 is 0. The molecule has 1 aromatic rings. The molecule has 1 rings (SSSR count). The van der Waals surface area contributed by atoms with Crippen molar-refractivity contribution in [2.24, 2.45) is 4.99 Å². The second-order valence-electron chi connectivity index (χ2n) is 4.16. The van der Waals surface area contributed by atoms with E-state index >= 15 is 0 Å². The van der Waals surface area contributed by atoms with Crippen molar-refractivity contribution in [1.29, 1.82) is 0 Å². The van der Waals surface area contributed by atoms with E-state index in [1.165, 1.54) is 11.3 Å². The number of hydrogen-bond acceptors (Lipinski definition) is 2. The van der Waals surface area contributed by atoms with Gasteiger partial charge in [0.1, 0.15) is 0 Å². The molecular formula is C14H23IN4. The number of anilines is 1. The molecule has 0 radical (unpaired) electrons. The number of benzene rings is 1. The molecule has 0 bridgehead atoms. The summed E-state index contributed by atoms with van der Waals surface area (Å²) in [5, 5.41) is 6.38. The summed E-state index contributed by atoms with van der Waals surface area (Å²) < 4.78 is 0. The fraction of sp³-hybridized carbons (Fsp3) is 0.357. The molecule has 0 saturated carbocycles. The van der Waals surface area contributed by atoms with Crippen LogP contribution >= 0.6 is 24.0 Å². The zero-order valence-electron chi connectivity index (χ0n) is 11.8. The number of aliphatic imine (C=N–C) groups is 1. The van der Waals surface area contributed by atoms with Gasteiger partial charge in [-0.25, -0.2) is 0 Å². The fourth-order valence-electron chi connectivity index (χ4n) is 1.49. The second-order valence-corrected chi connectivity index (χ2v) is 4.16. The Kier molecular flexibility index (Phi) is 9.03. The van der Waals surface area contributed by atoms with Crippen molar-refractivity contribution in [3.63, 3.8) is 0 Å². The van der Waals surface area contributed by atoms with Gasteiger partial charge >= 0.3 is 0 Å². The van der Waals surface area contributed by atoms with Crippen molar-refractivity contribution in [3.8, 4) is 0 Å². The third-order valence-electron chi connectivity index (χ3n) is 2.55. The summed E-state index contributed by atoms with van der Waals surface area (Å²) in [4.78, 5) is 6.21. The summed E-state index contributed by atoms with van der Waals surface area (Å²) in [5.74, 6) is 0.784. The number of nitrogens with zero attached hydrogens (tertiary/aromatic N) is 2. The third kappa shape index (κ3) is 6.47. The predicted molar refractivity (Wildman–Crippen MR) is 94.6 cm³/mol. The standard InChI is InChI=1S/C14H22N4.HI/c1-5-10-16-14(15-2)17-11-12-6-8-13(9-7-12)18(3)4;/h5-9H,1,10-11H2,2-4H3,(H2,15,16,17);1H. The van der Waals surface area contributed by atoms with Gasteiger partial charge in [0.05, 0.1) is 0 Å². The number of halogens is 1. The Morgan fingerprint density at radius 1 is 1.26 bits per heavy atom. The average molecular weight is 374 g/mol. The zero-order chi connectivity index (χ0) is 13.4. The van der Waals surface area contributed by atoms with Gasteiger partial charge in [-0.2, -0.15) is 0 Å². The molecule has 4 nitrogen and oxygen atoms in total. The van der Waals surface area contributed by atoms with E-state index in [1.807, 2.05) is 14.1 Å². The van der Waals surface area contributed by atoms with Crippen LogP contribution in [0.1, 0.15) is 5.56 Å². The van der Waals surface area contributed by atoms with E-state index in [4.69, 9.17) is 0 Å². The lowest BCUT2D eigenvalue weighted by Gasteiger charge is -2.14. The van der Waals surface area contributed by atoms with Gasteiger partial charge in [0.15, 0.2) is 5.96 Å². The molecule has 0 aliphatic heterocycles. The lowest BCUT2D eigenvalue weighted by molar-refractivity contribution is 0.847. The molecule has 0 aliphatic rings. The first kappa shape index (κ1) is 17.8. The van der Waals surface area contributed by atoms with Crippen molar-refractivity contribution < 1.29 is 0 Å². The van der Waals surface area contributed by atoms with Crippen molar-refractivity contribution in [3.05, 3.63) is 42.5 Å². The highest BCUT2D eigenvalue weighted by molar-refractivity contribution is 14.0. The molecule has 19 heavy (non-hydrogen) atoms. The summed E-state index contributed by atoms with van der Waals surface area (Å²) in [6.45, 7) is 5.12. The maximum atomic E-state index is 4.12. The summed E-state index contributed by atoms with van der Waals surface area (Å²) in [5.41, 5.74) is 2.43. The van der Waals surface area contributed by atoms with E-state index in [0.29, 0.717) is 6.54 Å². The first-order chi connectivity index (χ1) is 8.67. The summed E-state index contributed by atoms with van der Waals surface area (Å²) in [6, 6.07) is 8.44. The molecule has 0 spiro atoms. The van der Waals surface area contributed by atoms with E-state index < -0.39 is 0 Å². The highest BCUT2D eigenvalue weighted by Crippen LogP contribution is 2.11. The average Bonchev–Trinajstić information content (AvgIpc) is 2.39. The third-order valence-corrected chi connectivity index (χ3v) is 2.55. The lowest BCUT2D eigenvalue weighted by Crippen LogP contribution is -2.36. The highest BCUT2D eigenvalue weighted by Gasteiger charge is 1.98. The normalized spacial score (nSPS) is 10.4. The van der Waals surface area contributed by atoms with Gasteiger partial charge in [-0.15, -0.1) is 30.6 Å². The Hall–Kier alpha value is -1.24. The Bertz CT molecular complexity index is 398. The zero-order valence-corrected chi connectivity index (χ0v) is 14.1. The Labute approximate surface area is 133 Å². The first-order valence-corrected chi connectivity index (χ1v) is 5.99. The van der Waals surface area contributed by atoms with Gasteiger partial charge < -0.3 is 15.5 Å². The van der Waals surface area contributed by atoms with Gasteiger partial charge in [0, 0.05) is 39.9 Å². The van der Waals surface area contributed by atoms with Gasteiger partial charge in [-0.3, -0.25) is 4.99 Å². The van der Waals surface area contributed by atoms with Crippen LogP contribution in [-0.4, -0.2) is 33.6 Å². The predicted octanol–water partition coefficient (Wildman–Crippen LogP) is 2.22. The Morgan fingerprint density at radius 3 is 2.37 bits per heavy atom. The SMILES string of the molecule is C=CCNC(=NC)NCc1ccc(N(C)C)cc1.I. The molecule has 0 aliphatic carbocycles. The minimum absolute atomic E-state index is 0. The molecule has 0 heterocycles.